The minimum atomic E-state index is -0.419. The first-order valence-electron chi connectivity index (χ1n) is 8.28. The highest BCUT2D eigenvalue weighted by Crippen LogP contribution is 2.33. The number of esters is 1. The van der Waals surface area contributed by atoms with Crippen LogP contribution in [0.4, 0.5) is 0 Å². The van der Waals surface area contributed by atoms with Crippen LogP contribution < -0.4 is 5.32 Å². The molecule has 2 N–H and O–H groups in total. The minimum absolute atomic E-state index is 0.0542. The first-order valence-corrected chi connectivity index (χ1v) is 9.16. The number of ether oxygens (including phenoxy) is 1. The molecule has 0 aromatic carbocycles. The van der Waals surface area contributed by atoms with Gasteiger partial charge in [0.2, 0.25) is 0 Å². The lowest BCUT2D eigenvalue weighted by Gasteiger charge is -2.34. The number of amides is 1. The fraction of sp³-hybridized carbons (Fsp3) is 0.562. The van der Waals surface area contributed by atoms with Crippen LogP contribution in [0.2, 0.25) is 0 Å². The van der Waals surface area contributed by atoms with Crippen LogP contribution in [0.3, 0.4) is 0 Å². The number of nitrogens with one attached hydrogen (secondary N) is 2. The van der Waals surface area contributed by atoms with Gasteiger partial charge in [0.1, 0.15) is 10.4 Å². The van der Waals surface area contributed by atoms with Crippen LogP contribution in [0.25, 0.3) is 11.0 Å². The quantitative estimate of drug-likeness (QED) is 0.822. The molecular formula is C16H20N4O3S. The van der Waals surface area contributed by atoms with Gasteiger partial charge in [-0.3, -0.25) is 4.79 Å². The first-order chi connectivity index (χ1) is 11.7. The lowest BCUT2D eigenvalue weighted by molar-refractivity contribution is 0.0598. The molecule has 4 rings (SSSR count). The number of hydrogen-bond donors (Lipinski definition) is 2. The summed E-state index contributed by atoms with van der Waals surface area (Å²) < 4.78 is 4.78. The standard InChI is InChI=1S/C16H20N4O3S/c1-23-16(22)13-12-11(8-24-13)18-14(19-12)15(21)20(9-2-3-9)10-4-6-17-7-5-10/h8-10,17H,2-7H2,1H3,(H,18,19). The van der Waals surface area contributed by atoms with Crippen molar-refractivity contribution in [3.05, 3.63) is 16.1 Å². The Morgan fingerprint density at radius 2 is 1.96 bits per heavy atom. The smallest absolute Gasteiger partial charge is 0.350 e. The third-order valence-corrected chi connectivity index (χ3v) is 5.64. The Morgan fingerprint density at radius 1 is 1.25 bits per heavy atom. The summed E-state index contributed by atoms with van der Waals surface area (Å²) in [6.07, 6.45) is 4.09. The second kappa shape index (κ2) is 6.18. The topological polar surface area (TPSA) is 87.3 Å². The van der Waals surface area contributed by atoms with Crippen molar-refractivity contribution in [3.63, 3.8) is 0 Å². The molecule has 1 aliphatic carbocycles. The third-order valence-electron chi connectivity index (χ3n) is 4.69. The number of hydrogen-bond acceptors (Lipinski definition) is 6. The number of piperidine rings is 1. The molecule has 0 unspecified atom stereocenters. The van der Waals surface area contributed by atoms with Crippen molar-refractivity contribution in [2.75, 3.05) is 20.2 Å². The van der Waals surface area contributed by atoms with Gasteiger partial charge in [-0.25, -0.2) is 9.78 Å². The number of H-pyrrole nitrogens is 1. The van der Waals surface area contributed by atoms with Crippen molar-refractivity contribution in [2.24, 2.45) is 0 Å². The average molecular weight is 348 g/mol. The number of aromatic amines is 1. The lowest BCUT2D eigenvalue weighted by Crippen LogP contribution is -2.47. The van der Waals surface area contributed by atoms with E-state index in [1.807, 2.05) is 4.90 Å². The summed E-state index contributed by atoms with van der Waals surface area (Å²) in [7, 11) is 1.35. The Balaban J connectivity index is 1.63. The molecule has 1 saturated carbocycles. The number of thiophene rings is 1. The molecule has 7 nitrogen and oxygen atoms in total. The van der Waals surface area contributed by atoms with Gasteiger partial charge in [0.15, 0.2) is 5.82 Å². The van der Waals surface area contributed by atoms with Crippen LogP contribution in [0, 0.1) is 0 Å². The van der Waals surface area contributed by atoms with Gasteiger partial charge in [-0.05, 0) is 38.8 Å². The zero-order chi connectivity index (χ0) is 16.7. The number of rotatable bonds is 4. The number of methoxy groups -OCH3 is 1. The number of fused-ring (bicyclic) bond motifs is 1. The van der Waals surface area contributed by atoms with E-state index in [0.29, 0.717) is 27.8 Å². The van der Waals surface area contributed by atoms with Gasteiger partial charge in [0, 0.05) is 17.5 Å². The van der Waals surface area contributed by atoms with Gasteiger partial charge in [0.05, 0.1) is 12.6 Å². The zero-order valence-electron chi connectivity index (χ0n) is 13.5. The van der Waals surface area contributed by atoms with E-state index in [9.17, 15) is 9.59 Å². The Hall–Kier alpha value is -1.93. The van der Waals surface area contributed by atoms with E-state index in [0.717, 1.165) is 38.8 Å². The molecule has 1 saturated heterocycles. The maximum absolute atomic E-state index is 13.0. The third kappa shape index (κ3) is 2.69. The first kappa shape index (κ1) is 15.6. The molecule has 24 heavy (non-hydrogen) atoms. The highest BCUT2D eigenvalue weighted by atomic mass is 32.1. The highest BCUT2D eigenvalue weighted by molar-refractivity contribution is 7.13. The summed E-state index contributed by atoms with van der Waals surface area (Å²) in [5.74, 6) is -0.150. The van der Waals surface area contributed by atoms with E-state index in [1.165, 1.54) is 18.4 Å². The average Bonchev–Trinajstić information content (AvgIpc) is 3.21. The fourth-order valence-electron chi connectivity index (χ4n) is 3.35. The highest BCUT2D eigenvalue weighted by Gasteiger charge is 2.39. The second-order valence-electron chi connectivity index (χ2n) is 6.33. The lowest BCUT2D eigenvalue weighted by atomic mass is 10.0. The largest absolute Gasteiger partial charge is 0.465 e. The van der Waals surface area contributed by atoms with Gasteiger partial charge in [-0.1, -0.05) is 0 Å². The van der Waals surface area contributed by atoms with E-state index >= 15 is 0 Å². The predicted molar refractivity (Wildman–Crippen MR) is 90.4 cm³/mol. The molecule has 0 spiro atoms. The second-order valence-corrected chi connectivity index (χ2v) is 7.21. The Morgan fingerprint density at radius 3 is 2.62 bits per heavy atom. The summed E-state index contributed by atoms with van der Waals surface area (Å²) in [6.45, 7) is 1.89. The molecule has 1 amide bonds. The molecule has 8 heteroatoms. The molecule has 1 aliphatic heterocycles. The van der Waals surface area contributed by atoms with E-state index in [1.54, 1.807) is 5.38 Å². The SMILES string of the molecule is COC(=O)c1scc2[nH]c(C(=O)N(C3CCNCC3)C3CC3)nc12. The molecule has 2 aromatic rings. The fourth-order valence-corrected chi connectivity index (χ4v) is 4.20. The van der Waals surface area contributed by atoms with E-state index < -0.39 is 5.97 Å². The van der Waals surface area contributed by atoms with Crippen LogP contribution in [0.15, 0.2) is 5.38 Å². The summed E-state index contributed by atoms with van der Waals surface area (Å²) in [4.78, 5) is 34.8. The van der Waals surface area contributed by atoms with Crippen molar-refractivity contribution in [1.82, 2.24) is 20.2 Å². The van der Waals surface area contributed by atoms with Crippen LogP contribution in [-0.4, -0.2) is 59.0 Å². The van der Waals surface area contributed by atoms with Gasteiger partial charge < -0.3 is 19.9 Å². The summed E-state index contributed by atoms with van der Waals surface area (Å²) >= 11 is 1.28. The number of nitrogens with zero attached hydrogens (tertiary/aromatic N) is 2. The summed E-state index contributed by atoms with van der Waals surface area (Å²) in [5, 5.41) is 5.14. The number of carbonyl (C=O) groups excluding carboxylic acids is 2. The molecule has 3 heterocycles. The van der Waals surface area contributed by atoms with Crippen molar-refractivity contribution >= 4 is 34.2 Å². The van der Waals surface area contributed by atoms with E-state index in [4.69, 9.17) is 4.74 Å². The number of aromatic nitrogens is 2. The summed E-state index contributed by atoms with van der Waals surface area (Å²) in [5.41, 5.74) is 1.24. The molecule has 2 fully saturated rings. The van der Waals surface area contributed by atoms with E-state index in [-0.39, 0.29) is 11.9 Å². The van der Waals surface area contributed by atoms with Gasteiger partial charge in [0.25, 0.3) is 5.91 Å². The molecule has 0 bridgehead atoms. The van der Waals surface area contributed by atoms with Crippen molar-refractivity contribution in [3.8, 4) is 0 Å². The number of imidazole rings is 1. The summed E-state index contributed by atoms with van der Waals surface area (Å²) in [6, 6.07) is 0.608. The van der Waals surface area contributed by atoms with Gasteiger partial charge in [-0.15, -0.1) is 11.3 Å². The predicted octanol–water partition coefficient (Wildman–Crippen LogP) is 1.77. The zero-order valence-corrected chi connectivity index (χ0v) is 14.3. The minimum Gasteiger partial charge on any atom is -0.465 e. The maximum Gasteiger partial charge on any atom is 0.350 e. The number of carbonyl (C=O) groups is 2. The molecule has 128 valence electrons. The van der Waals surface area contributed by atoms with E-state index in [2.05, 4.69) is 15.3 Å². The van der Waals surface area contributed by atoms with Crippen LogP contribution >= 0.6 is 11.3 Å². The van der Waals surface area contributed by atoms with Crippen molar-refractivity contribution in [1.29, 1.82) is 0 Å². The van der Waals surface area contributed by atoms with Crippen molar-refractivity contribution < 1.29 is 14.3 Å². The van der Waals surface area contributed by atoms with Crippen LogP contribution in [-0.2, 0) is 4.74 Å². The van der Waals surface area contributed by atoms with Crippen LogP contribution in [0.5, 0.6) is 0 Å². The van der Waals surface area contributed by atoms with Crippen molar-refractivity contribution in [2.45, 2.75) is 37.8 Å². The van der Waals surface area contributed by atoms with Gasteiger partial charge in [-0.2, -0.15) is 0 Å². The Labute approximate surface area is 143 Å². The molecule has 0 radical (unpaired) electrons. The molecule has 0 atom stereocenters. The normalized spacial score (nSPS) is 18.7. The van der Waals surface area contributed by atoms with Crippen LogP contribution in [0.1, 0.15) is 46.0 Å². The Bertz CT molecular complexity index is 773. The monoisotopic (exact) mass is 348 g/mol. The Kier molecular flexibility index (Phi) is 4.01. The van der Waals surface area contributed by atoms with Gasteiger partial charge >= 0.3 is 5.97 Å². The maximum atomic E-state index is 13.0. The molecule has 2 aromatic heterocycles. The molecular weight excluding hydrogens is 328 g/mol. The molecule has 2 aliphatic rings.